The molecule has 0 heterocycles. The number of rotatable bonds is 7. The summed E-state index contributed by atoms with van der Waals surface area (Å²) in [6.07, 6.45) is 1.02. The third kappa shape index (κ3) is 7.85. The predicted octanol–water partition coefficient (Wildman–Crippen LogP) is -1.10. The van der Waals surface area contributed by atoms with Gasteiger partial charge in [-0.2, -0.15) is 0 Å². The molecule has 2 amide bonds. The Kier molecular flexibility index (Phi) is 6.63. The number of sulfonamides is 1. The van der Waals surface area contributed by atoms with E-state index in [4.69, 9.17) is 5.11 Å². The maximum atomic E-state index is 11.5. The van der Waals surface area contributed by atoms with E-state index >= 15 is 0 Å². The SMILES string of the molecule is CC(CN(C)C(=O)NCCNS(C)(=O)=O)C(=O)O. The van der Waals surface area contributed by atoms with Crippen molar-refractivity contribution in [3.63, 3.8) is 0 Å². The lowest BCUT2D eigenvalue weighted by molar-refractivity contribution is -0.141. The molecule has 106 valence electrons. The van der Waals surface area contributed by atoms with Crippen molar-refractivity contribution in [2.75, 3.05) is 32.9 Å². The molecule has 9 heteroatoms. The van der Waals surface area contributed by atoms with Gasteiger partial charge in [0.2, 0.25) is 10.0 Å². The fourth-order valence-electron chi connectivity index (χ4n) is 1.11. The molecule has 8 nitrogen and oxygen atoms in total. The van der Waals surface area contributed by atoms with Crippen LogP contribution in [-0.4, -0.2) is 63.4 Å². The van der Waals surface area contributed by atoms with Crippen molar-refractivity contribution < 1.29 is 23.1 Å². The lowest BCUT2D eigenvalue weighted by Crippen LogP contribution is -2.43. The van der Waals surface area contributed by atoms with Crippen LogP contribution < -0.4 is 10.0 Å². The number of hydrogen-bond donors (Lipinski definition) is 3. The highest BCUT2D eigenvalue weighted by Gasteiger charge is 2.16. The normalized spacial score (nSPS) is 12.8. The van der Waals surface area contributed by atoms with Gasteiger partial charge < -0.3 is 15.3 Å². The maximum absolute atomic E-state index is 11.5. The van der Waals surface area contributed by atoms with Gasteiger partial charge in [-0.05, 0) is 0 Å². The zero-order chi connectivity index (χ0) is 14.3. The van der Waals surface area contributed by atoms with Crippen LogP contribution in [0.15, 0.2) is 0 Å². The van der Waals surface area contributed by atoms with E-state index in [0.29, 0.717) is 0 Å². The number of amides is 2. The molecule has 3 N–H and O–H groups in total. The van der Waals surface area contributed by atoms with E-state index in [0.717, 1.165) is 6.26 Å². The fourth-order valence-corrected chi connectivity index (χ4v) is 1.59. The highest BCUT2D eigenvalue weighted by atomic mass is 32.2. The average Bonchev–Trinajstić information content (AvgIpc) is 2.22. The number of carbonyl (C=O) groups excluding carboxylic acids is 1. The summed E-state index contributed by atoms with van der Waals surface area (Å²) in [7, 11) is -1.79. The first-order valence-electron chi connectivity index (χ1n) is 5.30. The van der Waals surface area contributed by atoms with Crippen LogP contribution in [0.5, 0.6) is 0 Å². The second kappa shape index (κ2) is 7.17. The molecule has 0 saturated heterocycles. The van der Waals surface area contributed by atoms with Crippen molar-refractivity contribution in [2.24, 2.45) is 5.92 Å². The molecule has 0 aliphatic rings. The first-order valence-corrected chi connectivity index (χ1v) is 7.19. The molecule has 0 saturated carbocycles. The minimum atomic E-state index is -3.27. The number of carboxylic acid groups (broad SMARTS) is 1. The quantitative estimate of drug-likeness (QED) is 0.512. The number of aliphatic carboxylic acids is 1. The van der Waals surface area contributed by atoms with Crippen LogP contribution in [-0.2, 0) is 14.8 Å². The van der Waals surface area contributed by atoms with Gasteiger partial charge in [0.25, 0.3) is 0 Å². The lowest BCUT2D eigenvalue weighted by Gasteiger charge is -2.19. The average molecular weight is 281 g/mol. The standard InChI is InChI=1S/C9H19N3O5S/c1-7(8(13)14)6-12(2)9(15)10-4-5-11-18(3,16)17/h7,11H,4-6H2,1-3H3,(H,10,15)(H,13,14). The maximum Gasteiger partial charge on any atom is 0.317 e. The monoisotopic (exact) mass is 281 g/mol. The highest BCUT2D eigenvalue weighted by Crippen LogP contribution is 1.98. The molecule has 18 heavy (non-hydrogen) atoms. The Balaban J connectivity index is 3.92. The van der Waals surface area contributed by atoms with Crippen LogP contribution in [0, 0.1) is 5.92 Å². The minimum absolute atomic E-state index is 0.0840. The van der Waals surface area contributed by atoms with Crippen LogP contribution in [0.1, 0.15) is 6.92 Å². The van der Waals surface area contributed by atoms with Crippen LogP contribution in [0.4, 0.5) is 4.79 Å². The third-order valence-electron chi connectivity index (χ3n) is 2.08. The molecule has 0 aromatic rings. The molecule has 0 aliphatic heterocycles. The summed E-state index contributed by atoms with van der Waals surface area (Å²) in [5.74, 6) is -1.64. The lowest BCUT2D eigenvalue weighted by atomic mass is 10.2. The van der Waals surface area contributed by atoms with E-state index in [2.05, 4.69) is 10.0 Å². The van der Waals surface area contributed by atoms with Gasteiger partial charge >= 0.3 is 12.0 Å². The van der Waals surface area contributed by atoms with Crippen LogP contribution in [0.25, 0.3) is 0 Å². The zero-order valence-electron chi connectivity index (χ0n) is 10.6. The molecule has 0 bridgehead atoms. The van der Waals surface area contributed by atoms with Gasteiger partial charge in [0.05, 0.1) is 12.2 Å². The van der Waals surface area contributed by atoms with Crippen LogP contribution in [0.2, 0.25) is 0 Å². The van der Waals surface area contributed by atoms with Crippen molar-refractivity contribution in [1.29, 1.82) is 0 Å². The fraction of sp³-hybridized carbons (Fsp3) is 0.778. The van der Waals surface area contributed by atoms with Crippen molar-refractivity contribution in [3.05, 3.63) is 0 Å². The van der Waals surface area contributed by atoms with E-state index in [1.54, 1.807) is 0 Å². The molecule has 0 fully saturated rings. The molecule has 1 unspecified atom stereocenters. The zero-order valence-corrected chi connectivity index (χ0v) is 11.5. The van der Waals surface area contributed by atoms with Gasteiger partial charge in [0.15, 0.2) is 0 Å². The van der Waals surface area contributed by atoms with E-state index < -0.39 is 27.9 Å². The second-order valence-electron chi connectivity index (χ2n) is 4.02. The molecule has 1 atom stereocenters. The Hall–Kier alpha value is -1.35. The van der Waals surface area contributed by atoms with E-state index in [1.165, 1.54) is 18.9 Å². The van der Waals surface area contributed by atoms with E-state index in [9.17, 15) is 18.0 Å². The molecule has 0 spiro atoms. The third-order valence-corrected chi connectivity index (χ3v) is 2.81. The number of nitrogens with one attached hydrogen (secondary N) is 2. The van der Waals surface area contributed by atoms with Gasteiger partial charge in [-0.3, -0.25) is 4.79 Å². The predicted molar refractivity (Wildman–Crippen MR) is 65.7 cm³/mol. The van der Waals surface area contributed by atoms with E-state index in [1.807, 2.05) is 0 Å². The molecular formula is C9H19N3O5S. The van der Waals surface area contributed by atoms with Crippen molar-refractivity contribution in [2.45, 2.75) is 6.92 Å². The van der Waals surface area contributed by atoms with Crippen molar-refractivity contribution >= 4 is 22.0 Å². The summed E-state index contributed by atoms with van der Waals surface area (Å²) in [6, 6.07) is -0.446. The van der Waals surface area contributed by atoms with E-state index in [-0.39, 0.29) is 19.6 Å². The number of nitrogens with zero attached hydrogens (tertiary/aromatic N) is 1. The summed E-state index contributed by atoms with van der Waals surface area (Å²) in [6.45, 7) is 1.81. The summed E-state index contributed by atoms with van der Waals surface area (Å²) in [5, 5.41) is 11.1. The summed E-state index contributed by atoms with van der Waals surface area (Å²) in [5.41, 5.74) is 0. The minimum Gasteiger partial charge on any atom is -0.481 e. The molecule has 0 aromatic carbocycles. The van der Waals surface area contributed by atoms with Crippen LogP contribution in [0.3, 0.4) is 0 Å². The largest absolute Gasteiger partial charge is 0.481 e. The second-order valence-corrected chi connectivity index (χ2v) is 5.85. The Morgan fingerprint density at radius 1 is 1.33 bits per heavy atom. The highest BCUT2D eigenvalue weighted by molar-refractivity contribution is 7.88. The Bertz CT molecular complexity index is 395. The summed E-state index contributed by atoms with van der Waals surface area (Å²) in [4.78, 5) is 23.3. The molecule has 0 radical (unpaired) electrons. The first kappa shape index (κ1) is 16.6. The van der Waals surface area contributed by atoms with Crippen LogP contribution >= 0.6 is 0 Å². The molecule has 0 aromatic heterocycles. The van der Waals surface area contributed by atoms with Gasteiger partial charge in [0, 0.05) is 26.7 Å². The van der Waals surface area contributed by atoms with Crippen molar-refractivity contribution in [3.8, 4) is 0 Å². The van der Waals surface area contributed by atoms with Gasteiger partial charge in [0.1, 0.15) is 0 Å². The smallest absolute Gasteiger partial charge is 0.317 e. The number of carboxylic acids is 1. The molecular weight excluding hydrogens is 262 g/mol. The topological polar surface area (TPSA) is 116 Å². The molecule has 0 rings (SSSR count). The summed E-state index contributed by atoms with van der Waals surface area (Å²) >= 11 is 0. The Morgan fingerprint density at radius 2 is 1.89 bits per heavy atom. The first-order chi connectivity index (χ1) is 8.13. The van der Waals surface area contributed by atoms with Gasteiger partial charge in [-0.25, -0.2) is 17.9 Å². The number of hydrogen-bond acceptors (Lipinski definition) is 4. The van der Waals surface area contributed by atoms with Crippen molar-refractivity contribution in [1.82, 2.24) is 14.9 Å². The number of carbonyl (C=O) groups is 2. The molecule has 0 aliphatic carbocycles. The van der Waals surface area contributed by atoms with Gasteiger partial charge in [-0.15, -0.1) is 0 Å². The summed E-state index contributed by atoms with van der Waals surface area (Å²) < 4.78 is 23.7. The van der Waals surface area contributed by atoms with Gasteiger partial charge in [-0.1, -0.05) is 6.92 Å². The Labute approximate surface area is 106 Å². The number of urea groups is 1. The Morgan fingerprint density at radius 3 is 2.33 bits per heavy atom.